The normalized spacial score (nSPS) is 20.7. The summed E-state index contributed by atoms with van der Waals surface area (Å²) in [6, 6.07) is 3.20. The molecule has 2 aromatic rings. The van der Waals surface area contributed by atoms with Crippen molar-refractivity contribution in [1.29, 1.82) is 0 Å². The summed E-state index contributed by atoms with van der Waals surface area (Å²) >= 11 is 7.43. The van der Waals surface area contributed by atoms with E-state index in [0.717, 1.165) is 30.6 Å². The fourth-order valence-electron chi connectivity index (χ4n) is 4.54. The summed E-state index contributed by atoms with van der Waals surface area (Å²) < 4.78 is 32.2. The Hall–Kier alpha value is -2.46. The van der Waals surface area contributed by atoms with Gasteiger partial charge in [-0.3, -0.25) is 14.5 Å². The molecule has 4 rings (SSSR count). The zero-order chi connectivity index (χ0) is 25.2. The first-order chi connectivity index (χ1) is 16.7. The van der Waals surface area contributed by atoms with Crippen molar-refractivity contribution in [3.05, 3.63) is 34.3 Å². The number of rotatable bonds is 11. The van der Waals surface area contributed by atoms with Crippen LogP contribution in [0.5, 0.6) is 5.88 Å². The zero-order valence-corrected chi connectivity index (χ0v) is 21.2. The number of nitrogens with zero attached hydrogens (tertiary/aromatic N) is 2. The smallest absolute Gasteiger partial charge is 0.270 e. The van der Waals surface area contributed by atoms with E-state index in [1.54, 1.807) is 12.1 Å². The molecule has 2 aliphatic rings. The fourth-order valence-corrected chi connectivity index (χ4v) is 5.72. The molecule has 0 aliphatic heterocycles. The number of hydrogen-bond donors (Lipinski definition) is 2. The van der Waals surface area contributed by atoms with Crippen LogP contribution in [0.25, 0.3) is 0 Å². The van der Waals surface area contributed by atoms with E-state index in [4.69, 9.17) is 16.3 Å². The van der Waals surface area contributed by atoms with Crippen molar-refractivity contribution in [1.82, 2.24) is 10.3 Å². The number of amides is 2. The van der Waals surface area contributed by atoms with Crippen LogP contribution >= 0.6 is 22.9 Å². The molecule has 3 atom stereocenters. The van der Waals surface area contributed by atoms with Crippen LogP contribution in [-0.4, -0.2) is 42.4 Å². The number of carbonyl (C=O) groups is 2. The van der Waals surface area contributed by atoms with Gasteiger partial charge < -0.3 is 15.4 Å². The van der Waals surface area contributed by atoms with E-state index in [1.165, 1.54) is 29.5 Å². The summed E-state index contributed by atoms with van der Waals surface area (Å²) in [5.41, 5.74) is 0.624. The monoisotopic (exact) mass is 526 g/mol. The van der Waals surface area contributed by atoms with Crippen molar-refractivity contribution in [2.24, 2.45) is 5.92 Å². The van der Waals surface area contributed by atoms with Gasteiger partial charge in [-0.15, -0.1) is 11.3 Å². The number of ether oxygens (including phenoxy) is 1. The van der Waals surface area contributed by atoms with E-state index in [9.17, 15) is 18.4 Å². The van der Waals surface area contributed by atoms with Crippen LogP contribution in [0.1, 0.15) is 56.4 Å². The molecule has 2 N–H and O–H groups in total. The maximum Gasteiger partial charge on any atom is 0.270 e. The van der Waals surface area contributed by atoms with Gasteiger partial charge in [0.15, 0.2) is 0 Å². The zero-order valence-electron chi connectivity index (χ0n) is 19.6. The summed E-state index contributed by atoms with van der Waals surface area (Å²) in [7, 11) is 1.52. The van der Waals surface area contributed by atoms with Gasteiger partial charge in [-0.2, -0.15) is 0 Å². The molecule has 0 bridgehead atoms. The first-order valence-electron chi connectivity index (χ1n) is 11.7. The Labute approximate surface area is 212 Å². The van der Waals surface area contributed by atoms with Gasteiger partial charge in [0.2, 0.25) is 18.2 Å². The van der Waals surface area contributed by atoms with Gasteiger partial charge in [0.25, 0.3) is 5.92 Å². The van der Waals surface area contributed by atoms with Crippen molar-refractivity contribution < 1.29 is 23.1 Å². The van der Waals surface area contributed by atoms with Crippen molar-refractivity contribution in [2.75, 3.05) is 17.3 Å². The molecule has 2 aromatic heterocycles. The van der Waals surface area contributed by atoms with E-state index in [1.807, 2.05) is 13.0 Å². The molecule has 2 amide bonds. The van der Waals surface area contributed by atoms with Gasteiger partial charge in [0.1, 0.15) is 6.04 Å². The predicted molar refractivity (Wildman–Crippen MR) is 133 cm³/mol. The van der Waals surface area contributed by atoms with Crippen LogP contribution in [-0.2, 0) is 9.59 Å². The number of thiophene rings is 1. The van der Waals surface area contributed by atoms with E-state index in [0.29, 0.717) is 34.4 Å². The lowest BCUT2D eigenvalue weighted by molar-refractivity contribution is -0.125. The second kappa shape index (κ2) is 10.7. The number of nitrogens with one attached hydrogen (secondary N) is 2. The summed E-state index contributed by atoms with van der Waals surface area (Å²) in [6.45, 7) is 1.94. The molecule has 11 heteroatoms. The standard InChI is InChI=1S/C24H29ClF2N4O3S/c1-14(29-17-10-16(25)12-28-23(17)34-2)19-7-8-21(35-19)31(13-32)18(9-15-5-3-4-6-15)22(33)30-20-11-24(20,26)27/h7-8,10,12-15,18,20,29H,3-6,9,11H2,1-2H3,(H,30,33)/t14-,18-,20-/m0/s1. The maximum absolute atomic E-state index is 13.5. The molecule has 2 heterocycles. The molecule has 190 valence electrons. The molecule has 0 unspecified atom stereocenters. The van der Waals surface area contributed by atoms with Crippen LogP contribution in [0.4, 0.5) is 19.5 Å². The number of anilines is 2. The Morgan fingerprint density at radius 3 is 2.74 bits per heavy atom. The summed E-state index contributed by atoms with van der Waals surface area (Å²) in [5.74, 6) is -2.71. The Morgan fingerprint density at radius 2 is 2.11 bits per heavy atom. The topological polar surface area (TPSA) is 83.6 Å². The number of carbonyl (C=O) groups excluding carboxylic acids is 2. The van der Waals surface area contributed by atoms with Gasteiger partial charge in [-0.05, 0) is 37.5 Å². The van der Waals surface area contributed by atoms with E-state index in [-0.39, 0.29) is 18.4 Å². The molecule has 35 heavy (non-hydrogen) atoms. The lowest BCUT2D eigenvalue weighted by atomic mass is 9.97. The predicted octanol–water partition coefficient (Wildman–Crippen LogP) is 5.41. The Kier molecular flexibility index (Phi) is 7.80. The van der Waals surface area contributed by atoms with Crippen molar-refractivity contribution in [3.8, 4) is 5.88 Å². The van der Waals surface area contributed by atoms with Crippen molar-refractivity contribution in [2.45, 2.75) is 69.5 Å². The highest BCUT2D eigenvalue weighted by Crippen LogP contribution is 2.42. The van der Waals surface area contributed by atoms with Crippen LogP contribution in [0.2, 0.25) is 5.02 Å². The number of methoxy groups -OCH3 is 1. The first-order valence-corrected chi connectivity index (χ1v) is 12.9. The maximum atomic E-state index is 13.5. The van der Waals surface area contributed by atoms with Gasteiger partial charge in [-0.25, -0.2) is 13.8 Å². The first kappa shape index (κ1) is 25.6. The van der Waals surface area contributed by atoms with Crippen LogP contribution < -0.4 is 20.3 Å². The minimum absolute atomic E-state index is 0.177. The summed E-state index contributed by atoms with van der Waals surface area (Å²) in [5, 5.41) is 6.81. The third-order valence-electron chi connectivity index (χ3n) is 6.60. The average Bonchev–Trinajstić information content (AvgIpc) is 3.25. The number of halogens is 3. The molecule has 2 saturated carbocycles. The van der Waals surface area contributed by atoms with E-state index >= 15 is 0 Å². The fraction of sp³-hybridized carbons (Fsp3) is 0.542. The molecule has 0 spiro atoms. The largest absolute Gasteiger partial charge is 0.480 e. The van der Waals surface area contributed by atoms with Crippen molar-refractivity contribution in [3.63, 3.8) is 0 Å². The number of pyridine rings is 1. The van der Waals surface area contributed by atoms with E-state index in [2.05, 4.69) is 15.6 Å². The third kappa shape index (κ3) is 6.03. The molecule has 2 aliphatic carbocycles. The minimum atomic E-state index is -2.87. The Bertz CT molecular complexity index is 1060. The highest BCUT2D eigenvalue weighted by molar-refractivity contribution is 7.16. The van der Waals surface area contributed by atoms with Crippen molar-refractivity contribution >= 4 is 45.9 Å². The molecular weight excluding hydrogens is 498 g/mol. The lowest BCUT2D eigenvalue weighted by Crippen LogP contribution is -2.48. The average molecular weight is 527 g/mol. The van der Waals surface area contributed by atoms with Gasteiger partial charge in [0.05, 0.1) is 34.9 Å². The third-order valence-corrected chi connectivity index (χ3v) is 8.09. The number of alkyl halides is 2. The van der Waals surface area contributed by atoms with Gasteiger partial charge in [-0.1, -0.05) is 37.3 Å². The second-order valence-corrected chi connectivity index (χ2v) is 10.7. The van der Waals surface area contributed by atoms with Gasteiger partial charge in [0, 0.05) is 17.5 Å². The van der Waals surface area contributed by atoms with Crippen LogP contribution in [0, 0.1) is 5.92 Å². The second-order valence-electron chi connectivity index (χ2n) is 9.19. The van der Waals surface area contributed by atoms with Crippen LogP contribution in [0.15, 0.2) is 24.4 Å². The highest BCUT2D eigenvalue weighted by Gasteiger charge is 2.58. The molecule has 7 nitrogen and oxygen atoms in total. The molecular formula is C24H29ClF2N4O3S. The summed E-state index contributed by atoms with van der Waals surface area (Å²) in [4.78, 5) is 31.7. The molecule has 2 fully saturated rings. The lowest BCUT2D eigenvalue weighted by Gasteiger charge is -2.28. The molecule has 0 radical (unpaired) electrons. The summed E-state index contributed by atoms with van der Waals surface area (Å²) in [6.07, 6.45) is 6.32. The number of hydrogen-bond acceptors (Lipinski definition) is 6. The SMILES string of the molecule is COc1ncc(Cl)cc1N[C@@H](C)c1ccc(N(C=O)[C@@H](CC2CCCC2)C(=O)N[C@H]2CC2(F)F)s1. The van der Waals surface area contributed by atoms with Gasteiger partial charge >= 0.3 is 0 Å². The Balaban J connectivity index is 1.52. The molecule has 0 saturated heterocycles. The quantitative estimate of drug-likeness (QED) is 0.382. The number of aromatic nitrogens is 1. The molecule has 0 aromatic carbocycles. The van der Waals surface area contributed by atoms with Crippen LogP contribution in [0.3, 0.4) is 0 Å². The van der Waals surface area contributed by atoms with E-state index < -0.39 is 23.9 Å². The highest BCUT2D eigenvalue weighted by atomic mass is 35.5. The Morgan fingerprint density at radius 1 is 1.40 bits per heavy atom. The minimum Gasteiger partial charge on any atom is -0.480 e.